The normalized spacial score (nSPS) is 16.4. The van der Waals surface area contributed by atoms with E-state index in [2.05, 4.69) is 27.4 Å². The quantitative estimate of drug-likeness (QED) is 0.478. The van der Waals surface area contributed by atoms with Crippen LogP contribution in [0, 0.1) is 5.92 Å². The maximum absolute atomic E-state index is 13.2. The minimum absolute atomic E-state index is 0.0520. The van der Waals surface area contributed by atoms with Crippen LogP contribution in [0.5, 0.6) is 0 Å². The van der Waals surface area contributed by atoms with E-state index < -0.39 is 0 Å². The molecule has 2 N–H and O–H groups in total. The molecule has 5 rings (SSSR count). The number of rotatable bonds is 6. The van der Waals surface area contributed by atoms with E-state index in [0.29, 0.717) is 25.5 Å². The van der Waals surface area contributed by atoms with E-state index in [1.165, 1.54) is 10.9 Å². The maximum Gasteiger partial charge on any atom is 0.293 e. The lowest BCUT2D eigenvalue weighted by atomic mass is 9.97. The van der Waals surface area contributed by atoms with Crippen LogP contribution in [-0.2, 0) is 17.8 Å². The Bertz CT molecular complexity index is 1360. The first-order valence-electron chi connectivity index (χ1n) is 11.7. The van der Waals surface area contributed by atoms with Crippen molar-refractivity contribution in [3.8, 4) is 0 Å². The van der Waals surface area contributed by atoms with Crippen LogP contribution >= 0.6 is 0 Å². The number of aromatic nitrogens is 3. The Hall–Kier alpha value is -3.61. The van der Waals surface area contributed by atoms with Crippen LogP contribution in [0.1, 0.15) is 25.3 Å². The molecule has 1 atom stereocenters. The summed E-state index contributed by atoms with van der Waals surface area (Å²) in [6.45, 7) is 4.40. The van der Waals surface area contributed by atoms with Crippen molar-refractivity contribution < 1.29 is 4.79 Å². The fourth-order valence-electron chi connectivity index (χ4n) is 4.89. The summed E-state index contributed by atoms with van der Waals surface area (Å²) in [6, 6.07) is 15.9. The van der Waals surface area contributed by atoms with Crippen molar-refractivity contribution in [2.45, 2.75) is 32.7 Å². The fourth-order valence-corrected chi connectivity index (χ4v) is 4.89. The van der Waals surface area contributed by atoms with E-state index >= 15 is 0 Å². The van der Waals surface area contributed by atoms with Crippen molar-refractivity contribution in [2.75, 3.05) is 24.5 Å². The predicted molar refractivity (Wildman–Crippen MR) is 132 cm³/mol. The van der Waals surface area contributed by atoms with Crippen LogP contribution in [0.2, 0.25) is 0 Å². The van der Waals surface area contributed by atoms with E-state index in [1.807, 2.05) is 54.4 Å². The summed E-state index contributed by atoms with van der Waals surface area (Å²) in [5.74, 6) is 0.354. The molecule has 0 radical (unpaired) electrons. The summed E-state index contributed by atoms with van der Waals surface area (Å²) >= 11 is 0. The smallest absolute Gasteiger partial charge is 0.293 e. The third kappa shape index (κ3) is 4.11. The number of piperidine rings is 1. The minimum Gasteiger partial charge on any atom is -0.361 e. The number of para-hydroxylation sites is 3. The SMILES string of the molecule is CCn1c(=O)c(N2CCC[C@@H](C(=O)NCCc3c[nH]c4ccccc34)C2)nc2ccccc21. The van der Waals surface area contributed by atoms with Crippen LogP contribution in [0.25, 0.3) is 21.9 Å². The van der Waals surface area contributed by atoms with Crippen LogP contribution in [-0.4, -0.2) is 40.1 Å². The monoisotopic (exact) mass is 443 g/mol. The standard InChI is InChI=1S/C26H29N5O2/c1-2-31-23-12-6-5-11-22(23)29-24(26(31)33)30-15-7-8-19(17-30)25(32)27-14-13-18-16-28-21-10-4-3-9-20(18)21/h3-6,9-12,16,19,28H,2,7-8,13-15,17H2,1H3,(H,27,32)/t19-/m1/s1. The van der Waals surface area contributed by atoms with Crippen LogP contribution in [0.3, 0.4) is 0 Å². The van der Waals surface area contributed by atoms with E-state index in [4.69, 9.17) is 0 Å². The van der Waals surface area contributed by atoms with Gasteiger partial charge in [-0.3, -0.25) is 9.59 Å². The zero-order valence-electron chi connectivity index (χ0n) is 18.9. The van der Waals surface area contributed by atoms with Crippen molar-refractivity contribution >= 4 is 33.7 Å². The molecule has 1 saturated heterocycles. The van der Waals surface area contributed by atoms with Gasteiger partial charge < -0.3 is 19.8 Å². The van der Waals surface area contributed by atoms with Crippen LogP contribution in [0.4, 0.5) is 5.82 Å². The zero-order valence-corrected chi connectivity index (χ0v) is 18.9. The van der Waals surface area contributed by atoms with Crippen molar-refractivity contribution in [3.63, 3.8) is 0 Å². The van der Waals surface area contributed by atoms with Crippen molar-refractivity contribution in [2.24, 2.45) is 5.92 Å². The average molecular weight is 444 g/mol. The number of benzene rings is 2. The maximum atomic E-state index is 13.2. The highest BCUT2D eigenvalue weighted by Gasteiger charge is 2.28. The number of H-pyrrole nitrogens is 1. The number of aromatic amines is 1. The van der Waals surface area contributed by atoms with Crippen molar-refractivity contribution in [1.82, 2.24) is 19.9 Å². The molecule has 0 bridgehead atoms. The third-order valence-corrected chi connectivity index (χ3v) is 6.61. The summed E-state index contributed by atoms with van der Waals surface area (Å²) in [5.41, 5.74) is 3.88. The van der Waals surface area contributed by atoms with Gasteiger partial charge in [0.05, 0.1) is 17.0 Å². The highest BCUT2D eigenvalue weighted by Crippen LogP contribution is 2.22. The molecule has 1 aliphatic rings. The molecule has 0 unspecified atom stereocenters. The number of carbonyl (C=O) groups excluding carboxylic acids is 1. The van der Waals surface area contributed by atoms with Gasteiger partial charge in [0.1, 0.15) is 0 Å². The number of anilines is 1. The Labute approximate surface area is 192 Å². The van der Waals surface area contributed by atoms with Gasteiger partial charge in [0.15, 0.2) is 5.82 Å². The lowest BCUT2D eigenvalue weighted by molar-refractivity contribution is -0.125. The Kier molecular flexibility index (Phi) is 5.86. The first-order chi connectivity index (χ1) is 16.2. The van der Waals surface area contributed by atoms with Gasteiger partial charge in [-0.2, -0.15) is 0 Å². The summed E-state index contributed by atoms with van der Waals surface area (Å²) in [6.07, 6.45) is 4.48. The van der Waals surface area contributed by atoms with E-state index in [9.17, 15) is 9.59 Å². The Balaban J connectivity index is 1.27. The lowest BCUT2D eigenvalue weighted by Gasteiger charge is -2.32. The van der Waals surface area contributed by atoms with Crippen molar-refractivity contribution in [3.05, 3.63) is 70.6 Å². The van der Waals surface area contributed by atoms with E-state index in [1.54, 1.807) is 4.57 Å². The number of hydrogen-bond donors (Lipinski definition) is 2. The molecule has 4 aromatic rings. The van der Waals surface area contributed by atoms with Gasteiger partial charge >= 0.3 is 0 Å². The molecule has 2 aromatic carbocycles. The molecule has 3 heterocycles. The molecule has 33 heavy (non-hydrogen) atoms. The fraction of sp³-hybridized carbons (Fsp3) is 0.346. The number of nitrogens with one attached hydrogen (secondary N) is 2. The first kappa shape index (κ1) is 21.2. The lowest BCUT2D eigenvalue weighted by Crippen LogP contribution is -2.46. The molecule has 1 fully saturated rings. The molecule has 1 aliphatic heterocycles. The predicted octanol–water partition coefficient (Wildman–Crippen LogP) is 3.47. The number of hydrogen-bond acceptors (Lipinski definition) is 4. The average Bonchev–Trinajstić information content (AvgIpc) is 3.27. The molecule has 7 heteroatoms. The van der Waals surface area contributed by atoms with Gasteiger partial charge in [0.2, 0.25) is 5.91 Å². The third-order valence-electron chi connectivity index (χ3n) is 6.61. The number of carbonyl (C=O) groups is 1. The van der Waals surface area contributed by atoms with Gasteiger partial charge in [0, 0.05) is 43.3 Å². The summed E-state index contributed by atoms with van der Waals surface area (Å²) in [4.78, 5) is 36.1. The van der Waals surface area contributed by atoms with Gasteiger partial charge in [-0.15, -0.1) is 0 Å². The Morgan fingerprint density at radius 1 is 1.18 bits per heavy atom. The van der Waals surface area contributed by atoms with Gasteiger partial charge in [-0.25, -0.2) is 4.98 Å². The van der Waals surface area contributed by atoms with E-state index in [-0.39, 0.29) is 17.4 Å². The molecule has 1 amide bonds. The van der Waals surface area contributed by atoms with Crippen molar-refractivity contribution in [1.29, 1.82) is 0 Å². The van der Waals surface area contributed by atoms with Gasteiger partial charge in [-0.05, 0) is 49.9 Å². The number of amides is 1. The van der Waals surface area contributed by atoms with Gasteiger partial charge in [0.25, 0.3) is 5.56 Å². The number of aryl methyl sites for hydroxylation is 1. The molecule has 2 aromatic heterocycles. The molecular formula is C26H29N5O2. The zero-order chi connectivity index (χ0) is 22.8. The Morgan fingerprint density at radius 2 is 2.00 bits per heavy atom. The van der Waals surface area contributed by atoms with Gasteiger partial charge in [-0.1, -0.05) is 30.3 Å². The molecule has 0 saturated carbocycles. The highest BCUT2D eigenvalue weighted by atomic mass is 16.2. The summed E-state index contributed by atoms with van der Waals surface area (Å²) in [7, 11) is 0. The first-order valence-corrected chi connectivity index (χ1v) is 11.7. The number of nitrogens with zero attached hydrogens (tertiary/aromatic N) is 3. The number of fused-ring (bicyclic) bond motifs is 2. The van der Waals surface area contributed by atoms with Crippen LogP contribution in [0.15, 0.2) is 59.5 Å². The molecule has 0 aliphatic carbocycles. The second kappa shape index (κ2) is 9.10. The van der Waals surface area contributed by atoms with Crippen LogP contribution < -0.4 is 15.8 Å². The molecule has 7 nitrogen and oxygen atoms in total. The second-order valence-electron chi connectivity index (χ2n) is 8.66. The molecular weight excluding hydrogens is 414 g/mol. The Morgan fingerprint density at radius 3 is 2.88 bits per heavy atom. The van der Waals surface area contributed by atoms with E-state index in [0.717, 1.165) is 42.4 Å². The summed E-state index contributed by atoms with van der Waals surface area (Å²) in [5, 5.41) is 4.31. The largest absolute Gasteiger partial charge is 0.361 e. The topological polar surface area (TPSA) is 83.0 Å². The second-order valence-corrected chi connectivity index (χ2v) is 8.66. The molecule has 0 spiro atoms. The summed E-state index contributed by atoms with van der Waals surface area (Å²) < 4.78 is 1.77. The minimum atomic E-state index is -0.149. The highest BCUT2D eigenvalue weighted by molar-refractivity contribution is 5.83. The molecule has 170 valence electrons.